The molecule has 0 amide bonds. The van der Waals surface area contributed by atoms with Crippen molar-refractivity contribution in [1.82, 2.24) is 4.98 Å². The lowest BCUT2D eigenvalue weighted by Gasteiger charge is -2.07. The van der Waals surface area contributed by atoms with Crippen molar-refractivity contribution in [3.63, 3.8) is 0 Å². The van der Waals surface area contributed by atoms with E-state index in [1.54, 1.807) is 12.1 Å². The minimum Gasteiger partial charge on any atom is -0.492 e. The number of nitrogens with two attached hydrogens (primary N) is 1. The van der Waals surface area contributed by atoms with E-state index in [-0.39, 0.29) is 4.90 Å². The van der Waals surface area contributed by atoms with E-state index in [4.69, 9.17) is 10.5 Å². The summed E-state index contributed by atoms with van der Waals surface area (Å²) in [5, 5.41) is 0.369. The number of aryl methyl sites for hydroxylation is 2. The van der Waals surface area contributed by atoms with E-state index in [1.807, 2.05) is 13.8 Å². The van der Waals surface area contributed by atoms with Crippen LogP contribution in [0.2, 0.25) is 0 Å². The molecule has 0 spiro atoms. The Morgan fingerprint density at radius 3 is 2.48 bits per heavy atom. The van der Waals surface area contributed by atoms with Crippen LogP contribution >= 0.6 is 11.3 Å². The second-order valence-corrected chi connectivity index (χ2v) is 7.26. The minimum absolute atomic E-state index is 0.160. The molecule has 0 unspecified atom stereocenters. The molecule has 6 nitrogen and oxygen atoms in total. The fraction of sp³-hybridized carbons (Fsp3) is 0.308. The Hall–Kier alpha value is -1.64. The molecule has 0 aliphatic heterocycles. The van der Waals surface area contributed by atoms with Crippen LogP contribution in [0.4, 0.5) is 5.13 Å². The van der Waals surface area contributed by atoms with Crippen molar-refractivity contribution < 1.29 is 13.2 Å². The second-order valence-electron chi connectivity index (χ2n) is 4.37. The highest BCUT2D eigenvalue weighted by atomic mass is 32.2. The number of nitrogens with one attached hydrogen (secondary N) is 1. The first-order valence-corrected chi connectivity index (χ1v) is 8.62. The molecule has 1 heterocycles. The Bertz CT molecular complexity index is 689. The number of hydrogen-bond donors (Lipinski definition) is 2. The number of nitrogens with zero attached hydrogens (tertiary/aromatic N) is 1. The molecule has 0 aliphatic rings. The van der Waals surface area contributed by atoms with Crippen LogP contribution in [0.3, 0.4) is 0 Å². The molecule has 1 aromatic carbocycles. The van der Waals surface area contributed by atoms with Crippen LogP contribution in [0, 0.1) is 13.8 Å². The maximum absolute atomic E-state index is 12.2. The Morgan fingerprint density at radius 2 is 1.95 bits per heavy atom. The van der Waals surface area contributed by atoms with Gasteiger partial charge in [0.2, 0.25) is 0 Å². The standard InChI is InChI=1S/C13H17N3O3S2/c1-9-10(2)20-13(15-9)16-21(17,18)12-5-3-11(4-6-12)19-8-7-14/h3-6H,7-8,14H2,1-2H3,(H,15,16). The lowest BCUT2D eigenvalue weighted by Crippen LogP contribution is -2.13. The Morgan fingerprint density at radius 1 is 1.29 bits per heavy atom. The Kier molecular flexibility index (Phi) is 4.81. The zero-order valence-corrected chi connectivity index (χ0v) is 13.4. The van der Waals surface area contributed by atoms with Crippen molar-refractivity contribution in [3.05, 3.63) is 34.8 Å². The van der Waals surface area contributed by atoms with Gasteiger partial charge in [-0.3, -0.25) is 4.72 Å². The van der Waals surface area contributed by atoms with Crippen molar-refractivity contribution in [2.75, 3.05) is 17.9 Å². The van der Waals surface area contributed by atoms with Crippen LogP contribution in [-0.4, -0.2) is 26.6 Å². The molecule has 3 N–H and O–H groups in total. The predicted octanol–water partition coefficient (Wildman–Crippen LogP) is 1.90. The molecule has 0 aliphatic carbocycles. The van der Waals surface area contributed by atoms with Crippen molar-refractivity contribution in [1.29, 1.82) is 0 Å². The van der Waals surface area contributed by atoms with Crippen LogP contribution < -0.4 is 15.2 Å². The van der Waals surface area contributed by atoms with Gasteiger partial charge in [0.15, 0.2) is 5.13 Å². The number of hydrogen-bond acceptors (Lipinski definition) is 6. The Balaban J connectivity index is 2.15. The van der Waals surface area contributed by atoms with Crippen molar-refractivity contribution in [2.24, 2.45) is 5.73 Å². The molecule has 8 heteroatoms. The van der Waals surface area contributed by atoms with Crippen molar-refractivity contribution in [3.8, 4) is 5.75 Å². The number of anilines is 1. The van der Waals surface area contributed by atoms with Crippen molar-refractivity contribution >= 4 is 26.5 Å². The highest BCUT2D eigenvalue weighted by Gasteiger charge is 2.16. The number of thiazole rings is 1. The summed E-state index contributed by atoms with van der Waals surface area (Å²) in [6.07, 6.45) is 0. The number of sulfonamides is 1. The Labute approximate surface area is 128 Å². The van der Waals surface area contributed by atoms with Crippen LogP contribution in [-0.2, 0) is 10.0 Å². The van der Waals surface area contributed by atoms with E-state index >= 15 is 0 Å². The number of benzene rings is 1. The first kappa shape index (κ1) is 15.7. The lowest BCUT2D eigenvalue weighted by molar-refractivity contribution is 0.328. The van der Waals surface area contributed by atoms with Gasteiger partial charge in [-0.1, -0.05) is 0 Å². The second kappa shape index (κ2) is 6.42. The number of rotatable bonds is 6. The summed E-state index contributed by atoms with van der Waals surface area (Å²) in [6, 6.07) is 6.17. The molecule has 0 saturated heterocycles. The van der Waals surface area contributed by atoms with E-state index in [9.17, 15) is 8.42 Å². The van der Waals surface area contributed by atoms with Gasteiger partial charge in [0.05, 0.1) is 10.6 Å². The summed E-state index contributed by atoms with van der Waals surface area (Å²) in [4.78, 5) is 5.31. The fourth-order valence-electron chi connectivity index (χ4n) is 1.58. The number of ether oxygens (including phenoxy) is 1. The molecule has 2 rings (SSSR count). The van der Waals surface area contributed by atoms with Crippen LogP contribution in [0.1, 0.15) is 10.6 Å². The molecule has 0 bridgehead atoms. The zero-order valence-electron chi connectivity index (χ0n) is 11.8. The average Bonchev–Trinajstić information content (AvgIpc) is 2.74. The van der Waals surface area contributed by atoms with Gasteiger partial charge in [0.25, 0.3) is 10.0 Å². The third kappa shape index (κ3) is 3.93. The van der Waals surface area contributed by atoms with Gasteiger partial charge in [-0.25, -0.2) is 13.4 Å². The smallest absolute Gasteiger partial charge is 0.263 e. The van der Waals surface area contributed by atoms with Crippen molar-refractivity contribution in [2.45, 2.75) is 18.7 Å². The van der Waals surface area contributed by atoms with E-state index in [0.717, 1.165) is 10.6 Å². The van der Waals surface area contributed by atoms with E-state index < -0.39 is 10.0 Å². The first-order chi connectivity index (χ1) is 9.92. The predicted molar refractivity (Wildman–Crippen MR) is 83.4 cm³/mol. The minimum atomic E-state index is -3.64. The molecule has 1 aromatic heterocycles. The summed E-state index contributed by atoms with van der Waals surface area (Å²) < 4.78 is 32.3. The third-order valence-corrected chi connectivity index (χ3v) is 5.24. The number of aromatic nitrogens is 1. The molecule has 2 aromatic rings. The fourth-order valence-corrected chi connectivity index (χ4v) is 3.63. The van der Waals surface area contributed by atoms with Crippen LogP contribution in [0.25, 0.3) is 0 Å². The maximum Gasteiger partial charge on any atom is 0.263 e. The molecule has 114 valence electrons. The highest BCUT2D eigenvalue weighted by Crippen LogP contribution is 2.24. The zero-order chi connectivity index (χ0) is 15.5. The summed E-state index contributed by atoms with van der Waals surface area (Å²) in [5.41, 5.74) is 6.16. The molecule has 0 saturated carbocycles. The summed E-state index contributed by atoms with van der Waals surface area (Å²) in [7, 11) is -3.64. The molecule has 21 heavy (non-hydrogen) atoms. The van der Waals surface area contributed by atoms with Gasteiger partial charge in [-0.2, -0.15) is 0 Å². The SMILES string of the molecule is Cc1nc(NS(=O)(=O)c2ccc(OCCN)cc2)sc1C. The first-order valence-electron chi connectivity index (χ1n) is 6.32. The summed E-state index contributed by atoms with van der Waals surface area (Å²) in [5.74, 6) is 0.584. The monoisotopic (exact) mass is 327 g/mol. The van der Waals surface area contributed by atoms with Gasteiger partial charge in [0.1, 0.15) is 12.4 Å². The van der Waals surface area contributed by atoms with E-state index in [2.05, 4.69) is 9.71 Å². The molecule has 0 fully saturated rings. The quantitative estimate of drug-likeness (QED) is 0.845. The molecule has 0 radical (unpaired) electrons. The normalized spacial score (nSPS) is 11.4. The largest absolute Gasteiger partial charge is 0.492 e. The van der Waals surface area contributed by atoms with Crippen LogP contribution in [0.5, 0.6) is 5.75 Å². The van der Waals surface area contributed by atoms with Gasteiger partial charge >= 0.3 is 0 Å². The van der Waals surface area contributed by atoms with Gasteiger partial charge < -0.3 is 10.5 Å². The topological polar surface area (TPSA) is 94.3 Å². The summed E-state index contributed by atoms with van der Waals surface area (Å²) in [6.45, 7) is 4.54. The highest BCUT2D eigenvalue weighted by molar-refractivity contribution is 7.93. The third-order valence-electron chi connectivity index (χ3n) is 2.77. The van der Waals surface area contributed by atoms with Gasteiger partial charge in [-0.05, 0) is 38.1 Å². The van der Waals surface area contributed by atoms with E-state index in [0.29, 0.717) is 24.0 Å². The molecular weight excluding hydrogens is 310 g/mol. The van der Waals surface area contributed by atoms with E-state index in [1.165, 1.54) is 23.5 Å². The molecular formula is C13H17N3O3S2. The maximum atomic E-state index is 12.2. The molecule has 0 atom stereocenters. The summed E-state index contributed by atoms with van der Waals surface area (Å²) >= 11 is 1.31. The van der Waals surface area contributed by atoms with Gasteiger partial charge in [-0.15, -0.1) is 11.3 Å². The van der Waals surface area contributed by atoms with Gasteiger partial charge in [0, 0.05) is 11.4 Å². The average molecular weight is 327 g/mol. The lowest BCUT2D eigenvalue weighted by atomic mass is 10.3. The van der Waals surface area contributed by atoms with Crippen LogP contribution in [0.15, 0.2) is 29.2 Å².